The molecule has 0 saturated carbocycles. The van der Waals surface area contributed by atoms with Crippen molar-refractivity contribution in [2.75, 3.05) is 19.3 Å². The fourth-order valence-electron chi connectivity index (χ4n) is 3.07. The Hall–Kier alpha value is -1.04. The first-order chi connectivity index (χ1) is 9.76. The van der Waals surface area contributed by atoms with Crippen molar-refractivity contribution in [1.82, 2.24) is 15.5 Å². The summed E-state index contributed by atoms with van der Waals surface area (Å²) in [5.41, 5.74) is 1.39. The minimum Gasteiger partial charge on any atom is -0.331 e. The summed E-state index contributed by atoms with van der Waals surface area (Å²) in [6.07, 6.45) is 3.06. The number of rotatable bonds is 3. The van der Waals surface area contributed by atoms with Gasteiger partial charge in [0.1, 0.15) is 5.50 Å². The van der Waals surface area contributed by atoms with E-state index in [0.717, 1.165) is 26.1 Å². The molecule has 1 aromatic carbocycles. The number of piperidine rings is 1. The summed E-state index contributed by atoms with van der Waals surface area (Å²) in [4.78, 5) is 14.6. The predicted molar refractivity (Wildman–Crippen MR) is 82.2 cm³/mol. The molecule has 0 aromatic heterocycles. The largest absolute Gasteiger partial charge is 0.331 e. The number of thioether (sulfide) groups is 1. The van der Waals surface area contributed by atoms with Crippen LogP contribution in [0.3, 0.4) is 0 Å². The Morgan fingerprint density at radius 1 is 1.35 bits per heavy atom. The van der Waals surface area contributed by atoms with E-state index in [1.807, 2.05) is 12.3 Å². The lowest BCUT2D eigenvalue weighted by molar-refractivity contribution is -0.130. The monoisotopic (exact) mass is 291 g/mol. The first-order valence-corrected chi connectivity index (χ1v) is 8.40. The SMILES string of the molecule is CSC1NC(=O)C2CN(Cc3ccccc3)CCC2N1. The fourth-order valence-corrected chi connectivity index (χ4v) is 3.61. The summed E-state index contributed by atoms with van der Waals surface area (Å²) in [6, 6.07) is 10.8. The second-order valence-corrected chi connectivity index (χ2v) is 6.46. The van der Waals surface area contributed by atoms with Gasteiger partial charge in [0.15, 0.2) is 0 Å². The van der Waals surface area contributed by atoms with Crippen LogP contribution in [0.25, 0.3) is 0 Å². The number of amides is 1. The normalized spacial score (nSPS) is 30.6. The molecule has 0 spiro atoms. The highest BCUT2D eigenvalue weighted by Crippen LogP contribution is 2.24. The van der Waals surface area contributed by atoms with Crippen molar-refractivity contribution < 1.29 is 4.79 Å². The van der Waals surface area contributed by atoms with Gasteiger partial charge in [0.05, 0.1) is 5.92 Å². The Bertz CT molecular complexity index is 467. The third-order valence-electron chi connectivity index (χ3n) is 4.16. The van der Waals surface area contributed by atoms with Crippen molar-refractivity contribution in [3.63, 3.8) is 0 Å². The van der Waals surface area contributed by atoms with E-state index in [0.29, 0.717) is 6.04 Å². The Morgan fingerprint density at radius 2 is 2.15 bits per heavy atom. The van der Waals surface area contributed by atoms with Crippen LogP contribution in [0.2, 0.25) is 0 Å². The van der Waals surface area contributed by atoms with Gasteiger partial charge in [0.25, 0.3) is 0 Å². The van der Waals surface area contributed by atoms with Crippen LogP contribution in [0.15, 0.2) is 30.3 Å². The van der Waals surface area contributed by atoms with E-state index in [-0.39, 0.29) is 17.3 Å². The van der Waals surface area contributed by atoms with Crippen molar-refractivity contribution in [2.24, 2.45) is 5.92 Å². The lowest BCUT2D eigenvalue weighted by Crippen LogP contribution is -2.64. The van der Waals surface area contributed by atoms with E-state index >= 15 is 0 Å². The Balaban J connectivity index is 1.62. The van der Waals surface area contributed by atoms with E-state index in [1.165, 1.54) is 5.56 Å². The summed E-state index contributed by atoms with van der Waals surface area (Å²) in [6.45, 7) is 2.83. The quantitative estimate of drug-likeness (QED) is 0.879. The number of fused-ring (bicyclic) bond motifs is 1. The predicted octanol–water partition coefficient (Wildman–Crippen LogP) is 1.24. The number of nitrogens with zero attached hydrogens (tertiary/aromatic N) is 1. The van der Waals surface area contributed by atoms with Gasteiger partial charge in [0, 0.05) is 25.7 Å². The zero-order valence-electron chi connectivity index (χ0n) is 11.7. The summed E-state index contributed by atoms with van der Waals surface area (Å²) in [5.74, 6) is 0.279. The number of nitrogens with one attached hydrogen (secondary N) is 2. The number of carbonyl (C=O) groups excluding carboxylic acids is 1. The molecule has 2 N–H and O–H groups in total. The van der Waals surface area contributed by atoms with E-state index in [4.69, 9.17) is 0 Å². The molecule has 3 unspecified atom stereocenters. The van der Waals surface area contributed by atoms with Gasteiger partial charge in [-0.3, -0.25) is 15.0 Å². The summed E-state index contributed by atoms with van der Waals surface area (Å²) in [7, 11) is 0. The Kier molecular flexibility index (Phi) is 4.29. The standard InChI is InChI=1S/C15H21N3OS/c1-20-15-16-13-7-8-18(10-12(13)14(19)17-15)9-11-5-3-2-4-6-11/h2-6,12-13,15-16H,7-10H2,1H3,(H,17,19). The molecule has 0 radical (unpaired) electrons. The summed E-state index contributed by atoms with van der Waals surface area (Å²) >= 11 is 1.65. The van der Waals surface area contributed by atoms with Gasteiger partial charge in [-0.15, -0.1) is 11.8 Å². The maximum Gasteiger partial charge on any atom is 0.227 e. The first kappa shape index (κ1) is 13.9. The number of hydrogen-bond donors (Lipinski definition) is 2. The van der Waals surface area contributed by atoms with Gasteiger partial charge in [0.2, 0.25) is 5.91 Å². The van der Waals surface area contributed by atoms with Crippen LogP contribution < -0.4 is 10.6 Å². The lowest BCUT2D eigenvalue weighted by atomic mass is 9.89. The van der Waals surface area contributed by atoms with Gasteiger partial charge >= 0.3 is 0 Å². The molecule has 0 bridgehead atoms. The van der Waals surface area contributed by atoms with Gasteiger partial charge in [-0.1, -0.05) is 30.3 Å². The number of carbonyl (C=O) groups is 1. The third-order valence-corrected chi connectivity index (χ3v) is 4.88. The topological polar surface area (TPSA) is 44.4 Å². The minimum atomic E-state index is 0.0735. The summed E-state index contributed by atoms with van der Waals surface area (Å²) < 4.78 is 0. The summed E-state index contributed by atoms with van der Waals surface area (Å²) in [5, 5.41) is 6.56. The van der Waals surface area contributed by atoms with E-state index < -0.39 is 0 Å². The molecule has 5 heteroatoms. The molecular formula is C15H21N3OS. The zero-order chi connectivity index (χ0) is 13.9. The molecule has 2 aliphatic rings. The molecule has 108 valence electrons. The number of benzene rings is 1. The smallest absolute Gasteiger partial charge is 0.227 e. The van der Waals surface area contributed by atoms with Gasteiger partial charge in [-0.2, -0.15) is 0 Å². The second kappa shape index (κ2) is 6.16. The van der Waals surface area contributed by atoms with Crippen molar-refractivity contribution in [1.29, 1.82) is 0 Å². The maximum atomic E-state index is 12.2. The average molecular weight is 291 g/mol. The van der Waals surface area contributed by atoms with E-state index in [1.54, 1.807) is 11.8 Å². The maximum absolute atomic E-state index is 12.2. The number of likely N-dealkylation sites (tertiary alicyclic amines) is 1. The van der Waals surface area contributed by atoms with Crippen molar-refractivity contribution in [3.05, 3.63) is 35.9 Å². The van der Waals surface area contributed by atoms with Crippen LogP contribution >= 0.6 is 11.8 Å². The molecule has 2 aliphatic heterocycles. The Labute approximate surface area is 124 Å². The van der Waals surface area contributed by atoms with Crippen LogP contribution in [0.4, 0.5) is 0 Å². The van der Waals surface area contributed by atoms with Crippen LogP contribution in [0.5, 0.6) is 0 Å². The van der Waals surface area contributed by atoms with E-state index in [2.05, 4.69) is 39.8 Å². The molecule has 1 amide bonds. The molecular weight excluding hydrogens is 270 g/mol. The lowest BCUT2D eigenvalue weighted by Gasteiger charge is -2.43. The molecule has 20 heavy (non-hydrogen) atoms. The molecule has 2 heterocycles. The van der Waals surface area contributed by atoms with Crippen molar-refractivity contribution in [3.8, 4) is 0 Å². The molecule has 3 atom stereocenters. The average Bonchev–Trinajstić information content (AvgIpc) is 2.48. The fraction of sp³-hybridized carbons (Fsp3) is 0.533. The number of hydrogen-bond acceptors (Lipinski definition) is 4. The minimum absolute atomic E-state index is 0.0735. The molecule has 3 rings (SSSR count). The first-order valence-electron chi connectivity index (χ1n) is 7.12. The molecule has 1 aromatic rings. The van der Waals surface area contributed by atoms with Gasteiger partial charge in [-0.05, 0) is 18.2 Å². The molecule has 4 nitrogen and oxygen atoms in total. The van der Waals surface area contributed by atoms with Crippen molar-refractivity contribution >= 4 is 17.7 Å². The molecule has 2 saturated heterocycles. The second-order valence-electron chi connectivity index (χ2n) is 5.51. The van der Waals surface area contributed by atoms with Crippen molar-refractivity contribution in [2.45, 2.75) is 24.5 Å². The third kappa shape index (κ3) is 3.00. The van der Waals surface area contributed by atoms with Gasteiger partial charge < -0.3 is 5.32 Å². The highest BCUT2D eigenvalue weighted by atomic mass is 32.2. The highest BCUT2D eigenvalue weighted by Gasteiger charge is 2.39. The van der Waals surface area contributed by atoms with Crippen LogP contribution in [0.1, 0.15) is 12.0 Å². The van der Waals surface area contributed by atoms with Crippen LogP contribution in [-0.4, -0.2) is 41.7 Å². The highest BCUT2D eigenvalue weighted by molar-refractivity contribution is 7.99. The van der Waals surface area contributed by atoms with Crippen LogP contribution in [-0.2, 0) is 11.3 Å². The zero-order valence-corrected chi connectivity index (χ0v) is 12.5. The van der Waals surface area contributed by atoms with E-state index in [9.17, 15) is 4.79 Å². The Morgan fingerprint density at radius 3 is 2.90 bits per heavy atom. The molecule has 0 aliphatic carbocycles. The van der Waals surface area contributed by atoms with Crippen LogP contribution in [0, 0.1) is 5.92 Å². The van der Waals surface area contributed by atoms with Gasteiger partial charge in [-0.25, -0.2) is 0 Å². The molecule has 2 fully saturated rings.